The SMILES string of the molecule is CC(C)CC(C)CC(=O)N1CCCC(N)C1.Cl. The molecule has 1 saturated heterocycles. The highest BCUT2D eigenvalue weighted by molar-refractivity contribution is 5.85. The highest BCUT2D eigenvalue weighted by atomic mass is 35.5. The number of carbonyl (C=O) groups excluding carboxylic acids is 1. The van der Waals surface area contributed by atoms with Gasteiger partial charge in [-0.1, -0.05) is 20.8 Å². The summed E-state index contributed by atoms with van der Waals surface area (Å²) in [5.41, 5.74) is 5.88. The summed E-state index contributed by atoms with van der Waals surface area (Å²) in [6.45, 7) is 8.24. The predicted octanol–water partition coefficient (Wildman–Crippen LogP) is 2.43. The molecule has 2 N–H and O–H groups in total. The van der Waals surface area contributed by atoms with Gasteiger partial charge in [0.05, 0.1) is 0 Å². The molecule has 1 heterocycles. The van der Waals surface area contributed by atoms with Crippen molar-refractivity contribution in [3.63, 3.8) is 0 Å². The molecule has 0 spiro atoms. The Labute approximate surface area is 112 Å². The van der Waals surface area contributed by atoms with Crippen LogP contribution in [0.2, 0.25) is 0 Å². The van der Waals surface area contributed by atoms with E-state index >= 15 is 0 Å². The molecule has 1 aliphatic rings. The van der Waals surface area contributed by atoms with Gasteiger partial charge in [-0.05, 0) is 31.1 Å². The van der Waals surface area contributed by atoms with E-state index in [0.717, 1.165) is 32.4 Å². The van der Waals surface area contributed by atoms with E-state index < -0.39 is 0 Å². The van der Waals surface area contributed by atoms with Crippen molar-refractivity contribution in [1.29, 1.82) is 0 Å². The van der Waals surface area contributed by atoms with E-state index in [1.165, 1.54) is 0 Å². The standard InChI is InChI=1S/C13H26N2O.ClH/c1-10(2)7-11(3)8-13(16)15-6-4-5-12(14)9-15;/h10-12H,4-9,14H2,1-3H3;1H. The molecule has 3 nitrogen and oxygen atoms in total. The zero-order chi connectivity index (χ0) is 12.1. The minimum absolute atomic E-state index is 0. The lowest BCUT2D eigenvalue weighted by Gasteiger charge is -2.31. The van der Waals surface area contributed by atoms with Gasteiger partial charge in [0.15, 0.2) is 0 Å². The highest BCUT2D eigenvalue weighted by Gasteiger charge is 2.22. The van der Waals surface area contributed by atoms with Gasteiger partial charge in [-0.15, -0.1) is 12.4 Å². The van der Waals surface area contributed by atoms with Gasteiger partial charge in [0.2, 0.25) is 5.91 Å². The summed E-state index contributed by atoms with van der Waals surface area (Å²) in [7, 11) is 0. The van der Waals surface area contributed by atoms with Crippen LogP contribution in [-0.2, 0) is 4.79 Å². The van der Waals surface area contributed by atoms with E-state index in [2.05, 4.69) is 20.8 Å². The van der Waals surface area contributed by atoms with Crippen LogP contribution in [0.25, 0.3) is 0 Å². The van der Waals surface area contributed by atoms with Crippen LogP contribution in [0, 0.1) is 11.8 Å². The van der Waals surface area contributed by atoms with E-state index in [-0.39, 0.29) is 18.4 Å². The summed E-state index contributed by atoms with van der Waals surface area (Å²) in [5, 5.41) is 0. The first-order valence-electron chi connectivity index (χ1n) is 6.52. The summed E-state index contributed by atoms with van der Waals surface area (Å²) in [6.07, 6.45) is 3.94. The second kappa shape index (κ2) is 7.93. The number of piperidine rings is 1. The molecular weight excluding hydrogens is 236 g/mol. The van der Waals surface area contributed by atoms with Crippen molar-refractivity contribution in [3.05, 3.63) is 0 Å². The Bertz CT molecular complexity index is 233. The molecule has 0 saturated carbocycles. The molecule has 2 atom stereocenters. The van der Waals surface area contributed by atoms with Crippen LogP contribution in [-0.4, -0.2) is 29.9 Å². The number of nitrogens with zero attached hydrogens (tertiary/aromatic N) is 1. The smallest absolute Gasteiger partial charge is 0.222 e. The largest absolute Gasteiger partial charge is 0.341 e. The molecule has 0 aromatic carbocycles. The van der Waals surface area contributed by atoms with Gasteiger partial charge in [-0.2, -0.15) is 0 Å². The number of carbonyl (C=O) groups is 1. The number of rotatable bonds is 4. The minimum Gasteiger partial charge on any atom is -0.341 e. The number of amides is 1. The Morgan fingerprint density at radius 3 is 2.59 bits per heavy atom. The van der Waals surface area contributed by atoms with Crippen molar-refractivity contribution in [1.82, 2.24) is 4.90 Å². The third kappa shape index (κ3) is 6.27. The van der Waals surface area contributed by atoms with Crippen molar-refractivity contribution < 1.29 is 4.79 Å². The summed E-state index contributed by atoms with van der Waals surface area (Å²) in [5.74, 6) is 1.46. The number of hydrogen-bond donors (Lipinski definition) is 1. The fourth-order valence-corrected chi connectivity index (χ4v) is 2.55. The van der Waals surface area contributed by atoms with E-state index in [1.54, 1.807) is 0 Å². The maximum atomic E-state index is 12.0. The third-order valence-corrected chi connectivity index (χ3v) is 3.21. The average molecular weight is 263 g/mol. The van der Waals surface area contributed by atoms with Gasteiger partial charge in [-0.25, -0.2) is 0 Å². The van der Waals surface area contributed by atoms with Crippen molar-refractivity contribution in [2.75, 3.05) is 13.1 Å². The lowest BCUT2D eigenvalue weighted by Crippen LogP contribution is -2.46. The van der Waals surface area contributed by atoms with Crippen LogP contribution in [0.3, 0.4) is 0 Å². The molecule has 1 fully saturated rings. The van der Waals surface area contributed by atoms with Crippen molar-refractivity contribution in [3.8, 4) is 0 Å². The van der Waals surface area contributed by atoms with Crippen LogP contribution in [0.5, 0.6) is 0 Å². The van der Waals surface area contributed by atoms with E-state index in [1.807, 2.05) is 4.90 Å². The van der Waals surface area contributed by atoms with Crippen LogP contribution in [0.15, 0.2) is 0 Å². The molecule has 17 heavy (non-hydrogen) atoms. The normalized spacial score (nSPS) is 22.2. The van der Waals surface area contributed by atoms with Crippen LogP contribution in [0.4, 0.5) is 0 Å². The number of nitrogens with two attached hydrogens (primary N) is 1. The summed E-state index contributed by atoms with van der Waals surface area (Å²) in [4.78, 5) is 14.0. The third-order valence-electron chi connectivity index (χ3n) is 3.21. The monoisotopic (exact) mass is 262 g/mol. The predicted molar refractivity (Wildman–Crippen MR) is 74.3 cm³/mol. The molecule has 4 heteroatoms. The summed E-state index contributed by atoms with van der Waals surface area (Å²) >= 11 is 0. The zero-order valence-corrected chi connectivity index (χ0v) is 12.1. The fourth-order valence-electron chi connectivity index (χ4n) is 2.55. The van der Waals surface area contributed by atoms with Crippen LogP contribution >= 0.6 is 12.4 Å². The lowest BCUT2D eigenvalue weighted by molar-refractivity contribution is -0.133. The molecule has 2 unspecified atom stereocenters. The Balaban J connectivity index is 0.00000256. The highest BCUT2D eigenvalue weighted by Crippen LogP contribution is 2.17. The average Bonchev–Trinajstić information content (AvgIpc) is 2.16. The second-order valence-corrected chi connectivity index (χ2v) is 5.68. The zero-order valence-electron chi connectivity index (χ0n) is 11.3. The van der Waals surface area contributed by atoms with Crippen molar-refractivity contribution in [2.24, 2.45) is 17.6 Å². The first kappa shape index (κ1) is 16.7. The molecule has 0 aliphatic carbocycles. The minimum atomic E-state index is 0. The molecule has 1 aliphatic heterocycles. The Morgan fingerprint density at radius 2 is 2.06 bits per heavy atom. The van der Waals surface area contributed by atoms with Gasteiger partial charge < -0.3 is 10.6 Å². The fraction of sp³-hybridized carbons (Fsp3) is 0.923. The molecule has 0 aromatic heterocycles. The van der Waals surface area contributed by atoms with Gasteiger partial charge >= 0.3 is 0 Å². The molecule has 102 valence electrons. The first-order valence-corrected chi connectivity index (χ1v) is 6.52. The number of halogens is 1. The lowest BCUT2D eigenvalue weighted by atomic mass is 9.95. The molecule has 1 rings (SSSR count). The first-order chi connectivity index (χ1) is 7.49. The van der Waals surface area contributed by atoms with Crippen molar-refractivity contribution >= 4 is 18.3 Å². The second-order valence-electron chi connectivity index (χ2n) is 5.68. The molecular formula is C13H27ClN2O. The maximum absolute atomic E-state index is 12.0. The van der Waals surface area contributed by atoms with Gasteiger partial charge in [0.1, 0.15) is 0 Å². The van der Waals surface area contributed by atoms with Gasteiger partial charge in [-0.3, -0.25) is 4.79 Å². The summed E-state index contributed by atoms with van der Waals surface area (Å²) < 4.78 is 0. The van der Waals surface area contributed by atoms with Crippen LogP contribution < -0.4 is 5.73 Å². The molecule has 0 bridgehead atoms. The number of likely N-dealkylation sites (tertiary alicyclic amines) is 1. The number of hydrogen-bond acceptors (Lipinski definition) is 2. The Morgan fingerprint density at radius 1 is 1.41 bits per heavy atom. The topological polar surface area (TPSA) is 46.3 Å². The Kier molecular flexibility index (Phi) is 7.80. The van der Waals surface area contributed by atoms with Gasteiger partial charge in [0.25, 0.3) is 0 Å². The van der Waals surface area contributed by atoms with Gasteiger partial charge in [0, 0.05) is 25.6 Å². The van der Waals surface area contributed by atoms with Crippen LogP contribution in [0.1, 0.15) is 46.5 Å². The molecule has 0 aromatic rings. The quantitative estimate of drug-likeness (QED) is 0.846. The molecule has 1 amide bonds. The van der Waals surface area contributed by atoms with Crippen molar-refractivity contribution in [2.45, 2.75) is 52.5 Å². The summed E-state index contributed by atoms with van der Waals surface area (Å²) in [6, 6.07) is 0.193. The molecule has 0 radical (unpaired) electrons. The Hall–Kier alpha value is -0.280. The van der Waals surface area contributed by atoms with E-state index in [9.17, 15) is 4.79 Å². The van der Waals surface area contributed by atoms with E-state index in [0.29, 0.717) is 24.2 Å². The maximum Gasteiger partial charge on any atom is 0.222 e. The van der Waals surface area contributed by atoms with E-state index in [4.69, 9.17) is 5.73 Å².